The minimum absolute atomic E-state index is 1.23. The summed E-state index contributed by atoms with van der Waals surface area (Å²) in [7, 11) is 4.35. The van der Waals surface area contributed by atoms with Crippen LogP contribution in [0.25, 0.3) is 0 Å². The molecule has 2 rings (SSSR count). The first-order chi connectivity index (χ1) is 7.79. The van der Waals surface area contributed by atoms with Gasteiger partial charge in [0.15, 0.2) is 0 Å². The van der Waals surface area contributed by atoms with Crippen molar-refractivity contribution in [1.82, 2.24) is 15.1 Å². The summed E-state index contributed by atoms with van der Waals surface area (Å²) >= 11 is 0. The van der Waals surface area contributed by atoms with Crippen molar-refractivity contribution in [3.63, 3.8) is 0 Å². The predicted octanol–water partition coefficient (Wildman–Crippen LogP) is 1.90. The van der Waals surface area contributed by atoms with Gasteiger partial charge in [0.1, 0.15) is 0 Å². The smallest absolute Gasteiger partial charge is 0.0107 e. The highest BCUT2D eigenvalue weighted by molar-refractivity contribution is 4.64. The van der Waals surface area contributed by atoms with Gasteiger partial charge < -0.3 is 15.1 Å². The van der Waals surface area contributed by atoms with E-state index in [4.69, 9.17) is 0 Å². The molecule has 0 aromatic heterocycles. The van der Waals surface area contributed by atoms with Crippen LogP contribution >= 0.6 is 0 Å². The van der Waals surface area contributed by atoms with Crippen LogP contribution in [0.15, 0.2) is 0 Å². The molecular formula is C13H33N3. The normalized spacial score (nSPS) is 19.9. The van der Waals surface area contributed by atoms with Gasteiger partial charge in [-0.2, -0.15) is 0 Å². The molecule has 0 bridgehead atoms. The highest BCUT2D eigenvalue weighted by atomic mass is 15.2. The van der Waals surface area contributed by atoms with Gasteiger partial charge in [0.2, 0.25) is 0 Å². The Labute approximate surface area is 103 Å². The summed E-state index contributed by atoms with van der Waals surface area (Å²) in [5, 5.41) is 3.11. The zero-order valence-electron chi connectivity index (χ0n) is 12.3. The van der Waals surface area contributed by atoms with Crippen molar-refractivity contribution in [3.05, 3.63) is 0 Å². The van der Waals surface area contributed by atoms with Crippen LogP contribution in [0.1, 0.15) is 34.1 Å². The van der Waals surface area contributed by atoms with Crippen molar-refractivity contribution in [3.8, 4) is 0 Å². The van der Waals surface area contributed by atoms with Crippen molar-refractivity contribution in [2.24, 2.45) is 0 Å². The second-order valence-corrected chi connectivity index (χ2v) is 3.71. The second kappa shape index (κ2) is 14.9. The number of hydrogen-bond donors (Lipinski definition) is 1. The predicted molar refractivity (Wildman–Crippen MR) is 75.2 cm³/mol. The summed E-state index contributed by atoms with van der Waals surface area (Å²) in [5.74, 6) is 0. The third-order valence-corrected chi connectivity index (χ3v) is 2.43. The molecule has 3 heteroatoms. The van der Waals surface area contributed by atoms with E-state index in [1.807, 2.05) is 27.7 Å². The number of rotatable bonds is 0. The van der Waals surface area contributed by atoms with Gasteiger partial charge >= 0.3 is 0 Å². The maximum absolute atomic E-state index is 3.11. The van der Waals surface area contributed by atoms with E-state index in [1.54, 1.807) is 0 Å². The fourth-order valence-corrected chi connectivity index (χ4v) is 1.08. The molecule has 0 atom stereocenters. The lowest BCUT2D eigenvalue weighted by Gasteiger charge is -2.28. The SMILES string of the molecule is C1CNC1.CC.CC.CN1CCN(C)CC1. The van der Waals surface area contributed by atoms with Crippen LogP contribution < -0.4 is 5.32 Å². The summed E-state index contributed by atoms with van der Waals surface area (Å²) in [5.41, 5.74) is 0. The number of nitrogens with zero attached hydrogens (tertiary/aromatic N) is 2. The molecule has 0 amide bonds. The first-order valence-corrected chi connectivity index (χ1v) is 6.87. The lowest BCUT2D eigenvalue weighted by atomic mass is 10.3. The molecule has 0 aromatic rings. The molecule has 1 N–H and O–H groups in total. The second-order valence-electron chi connectivity index (χ2n) is 3.71. The summed E-state index contributed by atoms with van der Waals surface area (Å²) < 4.78 is 0. The van der Waals surface area contributed by atoms with Crippen molar-refractivity contribution in [2.45, 2.75) is 34.1 Å². The van der Waals surface area contributed by atoms with Crippen molar-refractivity contribution in [1.29, 1.82) is 0 Å². The zero-order valence-corrected chi connectivity index (χ0v) is 12.3. The lowest BCUT2D eigenvalue weighted by molar-refractivity contribution is 0.181. The van der Waals surface area contributed by atoms with E-state index in [2.05, 4.69) is 29.2 Å². The average molecular weight is 231 g/mol. The third kappa shape index (κ3) is 12.0. The summed E-state index contributed by atoms with van der Waals surface area (Å²) in [6, 6.07) is 0. The van der Waals surface area contributed by atoms with Gasteiger partial charge in [-0.3, -0.25) is 0 Å². The van der Waals surface area contributed by atoms with E-state index in [1.165, 1.54) is 45.7 Å². The van der Waals surface area contributed by atoms with Gasteiger partial charge in [-0.1, -0.05) is 27.7 Å². The molecular weight excluding hydrogens is 198 g/mol. The molecule has 2 aliphatic rings. The molecule has 0 aliphatic carbocycles. The van der Waals surface area contributed by atoms with E-state index in [0.717, 1.165) is 0 Å². The maximum Gasteiger partial charge on any atom is 0.0107 e. The monoisotopic (exact) mass is 231 g/mol. The molecule has 16 heavy (non-hydrogen) atoms. The van der Waals surface area contributed by atoms with E-state index >= 15 is 0 Å². The van der Waals surface area contributed by atoms with Gasteiger partial charge in [-0.15, -0.1) is 0 Å². The van der Waals surface area contributed by atoms with Crippen LogP contribution in [0.5, 0.6) is 0 Å². The van der Waals surface area contributed by atoms with Crippen molar-refractivity contribution >= 4 is 0 Å². The lowest BCUT2D eigenvalue weighted by Crippen LogP contribution is -2.42. The van der Waals surface area contributed by atoms with Crippen LogP contribution in [0.3, 0.4) is 0 Å². The Hall–Kier alpha value is -0.120. The Kier molecular flexibility index (Phi) is 17.0. The molecule has 100 valence electrons. The first-order valence-electron chi connectivity index (χ1n) is 6.87. The largest absolute Gasteiger partial charge is 0.317 e. The van der Waals surface area contributed by atoms with Gasteiger partial charge in [0, 0.05) is 26.2 Å². The minimum Gasteiger partial charge on any atom is -0.317 e. The molecule has 0 spiro atoms. The van der Waals surface area contributed by atoms with E-state index in [9.17, 15) is 0 Å². The zero-order chi connectivity index (χ0) is 12.8. The Morgan fingerprint density at radius 1 is 0.688 bits per heavy atom. The van der Waals surface area contributed by atoms with E-state index in [0.29, 0.717) is 0 Å². The summed E-state index contributed by atoms with van der Waals surface area (Å²) in [6.07, 6.45) is 1.39. The maximum atomic E-state index is 3.11. The van der Waals surface area contributed by atoms with E-state index in [-0.39, 0.29) is 0 Å². The molecule has 2 aliphatic heterocycles. The summed E-state index contributed by atoms with van der Waals surface area (Å²) in [4.78, 5) is 4.72. The molecule has 0 saturated carbocycles. The quantitative estimate of drug-likeness (QED) is 0.687. The first kappa shape index (κ1) is 18.3. The molecule has 0 aromatic carbocycles. The van der Waals surface area contributed by atoms with Gasteiger partial charge in [0.05, 0.1) is 0 Å². The molecule has 0 radical (unpaired) electrons. The number of nitrogens with one attached hydrogen (secondary N) is 1. The van der Waals surface area contributed by atoms with Crippen LogP contribution in [0.4, 0.5) is 0 Å². The third-order valence-electron chi connectivity index (χ3n) is 2.43. The molecule has 0 unspecified atom stereocenters. The Morgan fingerprint density at radius 2 is 0.875 bits per heavy atom. The fourth-order valence-electron chi connectivity index (χ4n) is 1.08. The van der Waals surface area contributed by atoms with Crippen LogP contribution in [-0.4, -0.2) is 63.2 Å². The average Bonchev–Trinajstić information content (AvgIpc) is 2.26. The molecule has 2 saturated heterocycles. The van der Waals surface area contributed by atoms with Crippen molar-refractivity contribution < 1.29 is 0 Å². The molecule has 2 fully saturated rings. The standard InChI is InChI=1S/C6H14N2.C3H7N.2C2H6/c1-7-3-5-8(2)6-4-7;1-2-4-3-1;2*1-2/h3-6H2,1-2H3;4H,1-3H2;2*1-2H3. The van der Waals surface area contributed by atoms with Gasteiger partial charge in [-0.05, 0) is 33.6 Å². The molecule has 2 heterocycles. The minimum atomic E-state index is 1.23. The number of likely N-dealkylation sites (N-methyl/N-ethyl adjacent to an activating group) is 2. The highest BCUT2D eigenvalue weighted by Crippen LogP contribution is 1.93. The fraction of sp³-hybridized carbons (Fsp3) is 1.00. The highest BCUT2D eigenvalue weighted by Gasteiger charge is 2.07. The number of piperazine rings is 1. The Morgan fingerprint density at radius 3 is 1.00 bits per heavy atom. The van der Waals surface area contributed by atoms with Crippen LogP contribution in [0, 0.1) is 0 Å². The summed E-state index contributed by atoms with van der Waals surface area (Å²) in [6.45, 7) is 15.4. The van der Waals surface area contributed by atoms with Crippen LogP contribution in [-0.2, 0) is 0 Å². The van der Waals surface area contributed by atoms with Crippen LogP contribution in [0.2, 0.25) is 0 Å². The van der Waals surface area contributed by atoms with E-state index < -0.39 is 0 Å². The molecule has 3 nitrogen and oxygen atoms in total. The van der Waals surface area contributed by atoms with Gasteiger partial charge in [-0.25, -0.2) is 0 Å². The Bertz CT molecular complexity index is 91.7. The topological polar surface area (TPSA) is 18.5 Å². The van der Waals surface area contributed by atoms with Crippen molar-refractivity contribution in [2.75, 3.05) is 53.4 Å². The van der Waals surface area contributed by atoms with Gasteiger partial charge in [0.25, 0.3) is 0 Å². The Balaban J connectivity index is 0. The number of hydrogen-bond acceptors (Lipinski definition) is 3.